The fraction of sp³-hybridized carbons (Fsp3) is 0. The van der Waals surface area contributed by atoms with Crippen molar-refractivity contribution in [1.29, 1.82) is 0 Å². The summed E-state index contributed by atoms with van der Waals surface area (Å²) in [5, 5.41) is 6.62. The zero-order valence-corrected chi connectivity index (χ0v) is 11.5. The number of anilines is 1. The average Bonchev–Trinajstić information content (AvgIpc) is 2.73. The van der Waals surface area contributed by atoms with E-state index in [1.165, 1.54) is 30.6 Å². The first-order valence-corrected chi connectivity index (χ1v) is 7.11. The molecule has 0 aliphatic carbocycles. The van der Waals surface area contributed by atoms with Gasteiger partial charge in [-0.15, -0.1) is 0 Å². The van der Waals surface area contributed by atoms with Crippen LogP contribution in [0.25, 0.3) is 0 Å². The molecule has 0 amide bonds. The maximum atomic E-state index is 11.9. The molecule has 0 radical (unpaired) electrons. The SMILES string of the molecule is O=S(=O)(Nc1cn[nH]c1)c1ccc(Cl)c(Br)c1. The van der Waals surface area contributed by atoms with Gasteiger partial charge in [0.05, 0.1) is 21.8 Å². The van der Waals surface area contributed by atoms with E-state index in [0.29, 0.717) is 15.2 Å². The topological polar surface area (TPSA) is 74.8 Å². The highest BCUT2D eigenvalue weighted by molar-refractivity contribution is 9.10. The first-order chi connectivity index (χ1) is 7.99. The highest BCUT2D eigenvalue weighted by Gasteiger charge is 2.15. The maximum Gasteiger partial charge on any atom is 0.262 e. The molecule has 0 atom stereocenters. The van der Waals surface area contributed by atoms with Crippen LogP contribution < -0.4 is 4.72 Å². The molecule has 1 aromatic carbocycles. The Balaban J connectivity index is 2.35. The van der Waals surface area contributed by atoms with Gasteiger partial charge in [0.25, 0.3) is 10.0 Å². The lowest BCUT2D eigenvalue weighted by Crippen LogP contribution is -2.12. The molecule has 0 bridgehead atoms. The van der Waals surface area contributed by atoms with E-state index in [2.05, 4.69) is 30.8 Å². The summed E-state index contributed by atoms with van der Waals surface area (Å²) >= 11 is 8.97. The van der Waals surface area contributed by atoms with Gasteiger partial charge in [0.1, 0.15) is 0 Å². The minimum absolute atomic E-state index is 0.120. The molecule has 2 N–H and O–H groups in total. The second kappa shape index (κ2) is 4.67. The van der Waals surface area contributed by atoms with Gasteiger partial charge in [-0.1, -0.05) is 11.6 Å². The molecule has 5 nitrogen and oxygen atoms in total. The number of H-pyrrole nitrogens is 1. The molecule has 90 valence electrons. The minimum Gasteiger partial charge on any atom is -0.284 e. The van der Waals surface area contributed by atoms with Crippen molar-refractivity contribution in [3.63, 3.8) is 0 Å². The number of hydrogen-bond donors (Lipinski definition) is 2. The molecule has 0 aliphatic rings. The first kappa shape index (κ1) is 12.4. The van der Waals surface area contributed by atoms with Crippen LogP contribution in [0.2, 0.25) is 5.02 Å². The third kappa shape index (κ3) is 2.80. The van der Waals surface area contributed by atoms with Crippen molar-refractivity contribution in [3.05, 3.63) is 40.1 Å². The van der Waals surface area contributed by atoms with Crippen LogP contribution in [0.4, 0.5) is 5.69 Å². The molecule has 1 heterocycles. The number of nitrogens with one attached hydrogen (secondary N) is 2. The molecule has 0 unspecified atom stereocenters. The molecule has 0 spiro atoms. The van der Waals surface area contributed by atoms with E-state index >= 15 is 0 Å². The van der Waals surface area contributed by atoms with Gasteiger partial charge in [-0.2, -0.15) is 5.10 Å². The van der Waals surface area contributed by atoms with Crippen molar-refractivity contribution in [2.24, 2.45) is 0 Å². The summed E-state index contributed by atoms with van der Waals surface area (Å²) in [4.78, 5) is 0.120. The molecular formula is C9H7BrClN3O2S. The van der Waals surface area contributed by atoms with E-state index in [4.69, 9.17) is 11.6 Å². The van der Waals surface area contributed by atoms with Gasteiger partial charge in [-0.05, 0) is 34.1 Å². The van der Waals surface area contributed by atoms with Crippen LogP contribution in [0.15, 0.2) is 40.0 Å². The van der Waals surface area contributed by atoms with Crippen LogP contribution in [0, 0.1) is 0 Å². The van der Waals surface area contributed by atoms with Crippen LogP contribution in [0.1, 0.15) is 0 Å². The van der Waals surface area contributed by atoms with E-state index in [0.717, 1.165) is 0 Å². The predicted octanol–water partition coefficient (Wildman–Crippen LogP) is 2.63. The Morgan fingerprint density at radius 3 is 2.76 bits per heavy atom. The highest BCUT2D eigenvalue weighted by Crippen LogP contribution is 2.26. The van der Waals surface area contributed by atoms with Crippen molar-refractivity contribution in [1.82, 2.24) is 10.2 Å². The molecular weight excluding hydrogens is 330 g/mol. The second-order valence-electron chi connectivity index (χ2n) is 3.17. The number of halogens is 2. The zero-order chi connectivity index (χ0) is 12.5. The van der Waals surface area contributed by atoms with E-state index in [1.807, 2.05) is 0 Å². The van der Waals surface area contributed by atoms with Gasteiger partial charge in [-0.25, -0.2) is 8.42 Å². The van der Waals surface area contributed by atoms with Crippen LogP contribution >= 0.6 is 27.5 Å². The molecule has 2 rings (SSSR count). The van der Waals surface area contributed by atoms with Crippen molar-refractivity contribution in [3.8, 4) is 0 Å². The Kier molecular flexibility index (Phi) is 3.41. The lowest BCUT2D eigenvalue weighted by molar-refractivity contribution is 0.601. The average molecular weight is 337 g/mol. The molecule has 0 saturated carbocycles. The van der Waals surface area contributed by atoms with Gasteiger partial charge >= 0.3 is 0 Å². The van der Waals surface area contributed by atoms with Gasteiger partial charge in [-0.3, -0.25) is 9.82 Å². The van der Waals surface area contributed by atoms with E-state index in [-0.39, 0.29) is 4.90 Å². The standard InChI is InChI=1S/C9H7BrClN3O2S/c10-8-3-7(1-2-9(8)11)17(15,16)14-6-4-12-13-5-6/h1-5,14H,(H,12,13). The maximum absolute atomic E-state index is 11.9. The molecule has 0 saturated heterocycles. The highest BCUT2D eigenvalue weighted by atomic mass is 79.9. The van der Waals surface area contributed by atoms with E-state index in [1.54, 1.807) is 0 Å². The minimum atomic E-state index is -3.62. The number of benzene rings is 1. The number of aromatic nitrogens is 2. The number of hydrogen-bond acceptors (Lipinski definition) is 3. The van der Waals surface area contributed by atoms with Gasteiger partial charge in [0.2, 0.25) is 0 Å². The van der Waals surface area contributed by atoms with Crippen molar-refractivity contribution in [2.75, 3.05) is 4.72 Å². The van der Waals surface area contributed by atoms with Crippen molar-refractivity contribution >= 4 is 43.2 Å². The number of rotatable bonds is 3. The Morgan fingerprint density at radius 2 is 2.18 bits per heavy atom. The van der Waals surface area contributed by atoms with Crippen molar-refractivity contribution < 1.29 is 8.42 Å². The lowest BCUT2D eigenvalue weighted by Gasteiger charge is -2.06. The molecule has 1 aromatic heterocycles. The monoisotopic (exact) mass is 335 g/mol. The Bertz CT molecular complexity index is 628. The Hall–Kier alpha value is -1.05. The molecule has 17 heavy (non-hydrogen) atoms. The zero-order valence-electron chi connectivity index (χ0n) is 8.31. The molecule has 8 heteroatoms. The Morgan fingerprint density at radius 1 is 1.41 bits per heavy atom. The van der Waals surface area contributed by atoms with E-state index < -0.39 is 10.0 Å². The lowest BCUT2D eigenvalue weighted by atomic mass is 10.4. The largest absolute Gasteiger partial charge is 0.284 e. The predicted molar refractivity (Wildman–Crippen MR) is 68.5 cm³/mol. The van der Waals surface area contributed by atoms with Crippen LogP contribution in [0.3, 0.4) is 0 Å². The molecule has 2 aromatic rings. The molecule has 0 fully saturated rings. The number of sulfonamides is 1. The third-order valence-corrected chi connectivity index (χ3v) is 4.54. The second-order valence-corrected chi connectivity index (χ2v) is 6.11. The van der Waals surface area contributed by atoms with Gasteiger partial charge < -0.3 is 0 Å². The summed E-state index contributed by atoms with van der Waals surface area (Å²) in [6, 6.07) is 4.37. The van der Waals surface area contributed by atoms with Crippen LogP contribution in [-0.2, 0) is 10.0 Å². The van der Waals surface area contributed by atoms with Crippen LogP contribution in [0.5, 0.6) is 0 Å². The summed E-state index contributed by atoms with van der Waals surface area (Å²) < 4.78 is 26.8. The summed E-state index contributed by atoms with van der Waals surface area (Å²) in [7, 11) is -3.62. The summed E-state index contributed by atoms with van der Waals surface area (Å²) in [6.07, 6.45) is 2.82. The molecule has 0 aliphatic heterocycles. The smallest absolute Gasteiger partial charge is 0.262 e. The number of nitrogens with zero attached hydrogens (tertiary/aromatic N) is 1. The quantitative estimate of drug-likeness (QED) is 0.905. The summed E-state index contributed by atoms with van der Waals surface area (Å²) in [6.45, 7) is 0. The Labute approximate surface area is 111 Å². The fourth-order valence-corrected chi connectivity index (χ4v) is 2.87. The van der Waals surface area contributed by atoms with Gasteiger partial charge in [0, 0.05) is 10.7 Å². The number of aromatic amines is 1. The fourth-order valence-electron chi connectivity index (χ4n) is 1.16. The van der Waals surface area contributed by atoms with Crippen LogP contribution in [-0.4, -0.2) is 18.6 Å². The summed E-state index contributed by atoms with van der Waals surface area (Å²) in [5.41, 5.74) is 0.371. The van der Waals surface area contributed by atoms with E-state index in [9.17, 15) is 8.42 Å². The van der Waals surface area contributed by atoms with Gasteiger partial charge in [0.15, 0.2) is 0 Å². The third-order valence-electron chi connectivity index (χ3n) is 1.95. The van der Waals surface area contributed by atoms with Crippen molar-refractivity contribution in [2.45, 2.75) is 4.90 Å². The summed E-state index contributed by atoms with van der Waals surface area (Å²) in [5.74, 6) is 0. The first-order valence-electron chi connectivity index (χ1n) is 4.46. The normalized spacial score (nSPS) is 11.4.